The fourth-order valence-electron chi connectivity index (χ4n) is 3.24. The van der Waals surface area contributed by atoms with Crippen LogP contribution >= 0.6 is 23.8 Å². The molecule has 0 atom stereocenters. The fraction of sp³-hybridized carbons (Fsp3) is 0.421. The lowest BCUT2D eigenvalue weighted by Crippen LogP contribution is -2.45. The molecule has 1 aliphatic rings. The number of rotatable bonds is 5. The molecule has 0 radical (unpaired) electrons. The second-order valence-corrected chi connectivity index (χ2v) is 7.43. The van der Waals surface area contributed by atoms with Crippen LogP contribution in [0.2, 0.25) is 5.02 Å². The predicted molar refractivity (Wildman–Crippen MR) is 111 cm³/mol. The highest BCUT2D eigenvalue weighted by atomic mass is 35.5. The van der Waals surface area contributed by atoms with Crippen LogP contribution in [0, 0.1) is 6.92 Å². The maximum Gasteiger partial charge on any atom is 0.232 e. The molecule has 27 heavy (non-hydrogen) atoms. The van der Waals surface area contributed by atoms with E-state index in [0.717, 1.165) is 23.6 Å². The third-order valence-electron chi connectivity index (χ3n) is 4.74. The third-order valence-corrected chi connectivity index (χ3v) is 5.22. The van der Waals surface area contributed by atoms with Gasteiger partial charge in [-0.1, -0.05) is 23.7 Å². The van der Waals surface area contributed by atoms with Crippen LogP contribution in [0.15, 0.2) is 30.3 Å². The van der Waals surface area contributed by atoms with Crippen molar-refractivity contribution in [3.8, 4) is 5.88 Å². The highest BCUT2D eigenvalue weighted by Gasteiger charge is 2.34. The van der Waals surface area contributed by atoms with E-state index in [1.807, 2.05) is 25.1 Å². The Morgan fingerprint density at radius 3 is 2.78 bits per heavy atom. The molecule has 1 fully saturated rings. The van der Waals surface area contributed by atoms with Gasteiger partial charge in [0.1, 0.15) is 0 Å². The number of anilines is 1. The highest BCUT2D eigenvalue weighted by Crippen LogP contribution is 2.35. The van der Waals surface area contributed by atoms with Crippen molar-refractivity contribution in [1.29, 1.82) is 0 Å². The number of hydrogen-bond acceptors (Lipinski definition) is 5. The van der Waals surface area contributed by atoms with Gasteiger partial charge in [-0.3, -0.25) is 0 Å². The summed E-state index contributed by atoms with van der Waals surface area (Å²) < 4.78 is 10.8. The monoisotopic (exact) mass is 406 g/mol. The Morgan fingerprint density at radius 1 is 1.30 bits per heavy atom. The van der Waals surface area contributed by atoms with Gasteiger partial charge in [0.2, 0.25) is 11.8 Å². The summed E-state index contributed by atoms with van der Waals surface area (Å²) in [7, 11) is 1.57. The maximum absolute atomic E-state index is 6.22. The van der Waals surface area contributed by atoms with Crippen molar-refractivity contribution in [2.45, 2.75) is 25.2 Å². The molecule has 1 aromatic heterocycles. The van der Waals surface area contributed by atoms with Crippen molar-refractivity contribution in [2.24, 2.45) is 0 Å². The molecule has 3 rings (SSSR count). The Bertz CT molecular complexity index is 812. The summed E-state index contributed by atoms with van der Waals surface area (Å²) in [5.41, 5.74) is 1.91. The first-order valence-electron chi connectivity index (χ1n) is 8.79. The standard InChI is InChI=1S/C19H23ClN4O2S/c1-13-10-16(25-2)23-17(22-13)24-18(27)21-12-19(6-8-26-9-7-19)14-4-3-5-15(20)11-14/h3-5,10-11H,6-9,12H2,1-2H3,(H2,21,22,23,24,27). The summed E-state index contributed by atoms with van der Waals surface area (Å²) in [6, 6.07) is 9.78. The first-order chi connectivity index (χ1) is 13.0. The average molecular weight is 407 g/mol. The molecule has 0 amide bonds. The molecule has 2 heterocycles. The summed E-state index contributed by atoms with van der Waals surface area (Å²) in [4.78, 5) is 8.60. The Morgan fingerprint density at radius 2 is 2.07 bits per heavy atom. The summed E-state index contributed by atoms with van der Waals surface area (Å²) >= 11 is 11.7. The van der Waals surface area contributed by atoms with Crippen LogP contribution in [0.1, 0.15) is 24.1 Å². The van der Waals surface area contributed by atoms with Crippen LogP contribution in [0.4, 0.5) is 5.95 Å². The van der Waals surface area contributed by atoms with Crippen LogP contribution in [0.5, 0.6) is 5.88 Å². The Balaban J connectivity index is 1.70. The topological polar surface area (TPSA) is 68.3 Å². The number of nitrogens with zero attached hydrogens (tertiary/aromatic N) is 2. The average Bonchev–Trinajstić information content (AvgIpc) is 2.66. The number of ether oxygens (including phenoxy) is 2. The maximum atomic E-state index is 6.22. The molecule has 0 saturated carbocycles. The van der Waals surface area contributed by atoms with E-state index in [1.165, 1.54) is 5.56 Å². The summed E-state index contributed by atoms with van der Waals surface area (Å²) in [6.07, 6.45) is 1.80. The van der Waals surface area contributed by atoms with Crippen molar-refractivity contribution < 1.29 is 9.47 Å². The molecular weight excluding hydrogens is 384 g/mol. The van der Waals surface area contributed by atoms with Gasteiger partial charge in [-0.2, -0.15) is 4.98 Å². The smallest absolute Gasteiger partial charge is 0.232 e. The highest BCUT2D eigenvalue weighted by molar-refractivity contribution is 7.80. The number of aryl methyl sites for hydroxylation is 1. The zero-order chi connectivity index (χ0) is 19.3. The lowest BCUT2D eigenvalue weighted by molar-refractivity contribution is 0.0515. The molecule has 1 saturated heterocycles. The van der Waals surface area contributed by atoms with Gasteiger partial charge in [-0.15, -0.1) is 0 Å². The Labute approximate surface area is 169 Å². The zero-order valence-corrected chi connectivity index (χ0v) is 17.0. The molecule has 0 bridgehead atoms. The minimum atomic E-state index is -0.0833. The van der Waals surface area contributed by atoms with Gasteiger partial charge >= 0.3 is 0 Å². The molecule has 2 aromatic rings. The van der Waals surface area contributed by atoms with Gasteiger partial charge in [0.05, 0.1) is 7.11 Å². The fourth-order valence-corrected chi connectivity index (χ4v) is 3.60. The molecule has 1 aliphatic heterocycles. The van der Waals surface area contributed by atoms with Crippen LogP contribution in [-0.2, 0) is 10.2 Å². The number of methoxy groups -OCH3 is 1. The SMILES string of the molecule is COc1cc(C)nc(NC(=S)NCC2(c3cccc(Cl)c3)CCOCC2)n1. The zero-order valence-electron chi connectivity index (χ0n) is 15.4. The number of nitrogens with one attached hydrogen (secondary N) is 2. The van der Waals surface area contributed by atoms with E-state index in [0.29, 0.717) is 36.7 Å². The van der Waals surface area contributed by atoms with Crippen molar-refractivity contribution in [2.75, 3.05) is 32.2 Å². The van der Waals surface area contributed by atoms with Gasteiger partial charge in [0.25, 0.3) is 0 Å². The first kappa shape index (κ1) is 19.8. The number of benzene rings is 1. The van der Waals surface area contributed by atoms with Gasteiger partial charge in [0.15, 0.2) is 5.11 Å². The predicted octanol–water partition coefficient (Wildman–Crippen LogP) is 3.48. The van der Waals surface area contributed by atoms with Crippen LogP contribution in [-0.4, -0.2) is 41.9 Å². The van der Waals surface area contributed by atoms with E-state index in [1.54, 1.807) is 13.2 Å². The minimum Gasteiger partial charge on any atom is -0.481 e. The van der Waals surface area contributed by atoms with Gasteiger partial charge in [0, 0.05) is 42.0 Å². The number of hydrogen-bond donors (Lipinski definition) is 2. The molecule has 0 unspecified atom stereocenters. The van der Waals surface area contributed by atoms with Gasteiger partial charge in [-0.05, 0) is 49.7 Å². The first-order valence-corrected chi connectivity index (χ1v) is 9.58. The molecule has 6 nitrogen and oxygen atoms in total. The Hall–Kier alpha value is -1.96. The lowest BCUT2D eigenvalue weighted by atomic mass is 9.74. The third kappa shape index (κ3) is 5.06. The van der Waals surface area contributed by atoms with E-state index in [9.17, 15) is 0 Å². The largest absolute Gasteiger partial charge is 0.481 e. The number of aromatic nitrogens is 2. The molecule has 1 aromatic carbocycles. The molecular formula is C19H23ClN4O2S. The lowest BCUT2D eigenvalue weighted by Gasteiger charge is -2.38. The number of thiocarbonyl (C=S) groups is 1. The quantitative estimate of drug-likeness (QED) is 0.736. The summed E-state index contributed by atoms with van der Waals surface area (Å²) in [5.74, 6) is 0.903. The van der Waals surface area contributed by atoms with Crippen molar-refractivity contribution in [3.63, 3.8) is 0 Å². The molecule has 2 N–H and O–H groups in total. The van der Waals surface area contributed by atoms with Crippen LogP contribution in [0.3, 0.4) is 0 Å². The van der Waals surface area contributed by atoms with Crippen molar-refractivity contribution in [3.05, 3.63) is 46.6 Å². The Kier molecular flexibility index (Phi) is 6.46. The van der Waals surface area contributed by atoms with Crippen LogP contribution < -0.4 is 15.4 Å². The van der Waals surface area contributed by atoms with Gasteiger partial charge < -0.3 is 20.1 Å². The van der Waals surface area contributed by atoms with E-state index in [2.05, 4.69) is 26.7 Å². The molecule has 8 heteroatoms. The second-order valence-electron chi connectivity index (χ2n) is 6.59. The van der Waals surface area contributed by atoms with Gasteiger partial charge in [-0.25, -0.2) is 4.98 Å². The molecule has 0 aliphatic carbocycles. The normalized spacial score (nSPS) is 15.8. The molecule has 0 spiro atoms. The summed E-state index contributed by atoms with van der Waals surface area (Å²) in [6.45, 7) is 3.98. The van der Waals surface area contributed by atoms with Crippen molar-refractivity contribution >= 4 is 34.9 Å². The minimum absolute atomic E-state index is 0.0833. The van der Waals surface area contributed by atoms with E-state index < -0.39 is 0 Å². The molecule has 144 valence electrons. The second kappa shape index (κ2) is 8.82. The summed E-state index contributed by atoms with van der Waals surface area (Å²) in [5, 5.41) is 7.56. The van der Waals surface area contributed by atoms with Crippen molar-refractivity contribution in [1.82, 2.24) is 15.3 Å². The van der Waals surface area contributed by atoms with E-state index in [4.69, 9.17) is 33.3 Å². The van der Waals surface area contributed by atoms with E-state index >= 15 is 0 Å². The number of halogens is 1. The van der Waals surface area contributed by atoms with E-state index in [-0.39, 0.29) is 5.41 Å². The van der Waals surface area contributed by atoms with Crippen LogP contribution in [0.25, 0.3) is 0 Å².